The number of hydrogen-bond acceptors (Lipinski definition) is 7. The Morgan fingerprint density at radius 3 is 2.92 bits per heavy atom. The Labute approximate surface area is 148 Å². The minimum atomic E-state index is -0.252. The smallest absolute Gasteiger partial charge is 0.266 e. The predicted molar refractivity (Wildman–Crippen MR) is 91.4 cm³/mol. The zero-order chi connectivity index (χ0) is 17.7. The van der Waals surface area contributed by atoms with E-state index in [1.807, 2.05) is 0 Å². The number of hydrogen-bond donors (Lipinski definition) is 1. The van der Waals surface area contributed by atoms with Crippen molar-refractivity contribution >= 4 is 28.3 Å². The number of likely N-dealkylation sites (N-methyl/N-ethyl adjacent to an activating group) is 1. The van der Waals surface area contributed by atoms with Gasteiger partial charge in [-0.05, 0) is 19.8 Å². The molecule has 1 fully saturated rings. The Morgan fingerprint density at radius 1 is 1.40 bits per heavy atom. The quantitative estimate of drug-likeness (QED) is 0.871. The van der Waals surface area contributed by atoms with Crippen molar-refractivity contribution in [3.05, 3.63) is 27.6 Å². The number of nitrogens with two attached hydrogens (primary N) is 1. The van der Waals surface area contributed by atoms with E-state index in [9.17, 15) is 9.59 Å². The number of anilines is 1. The molecule has 2 aliphatic rings. The molecule has 132 valence electrons. The Morgan fingerprint density at radius 2 is 2.20 bits per heavy atom. The van der Waals surface area contributed by atoms with Crippen molar-refractivity contribution in [2.24, 2.45) is 0 Å². The van der Waals surface area contributed by atoms with Gasteiger partial charge in [-0.1, -0.05) is 16.5 Å². The lowest BCUT2D eigenvalue weighted by Crippen LogP contribution is -2.36. The van der Waals surface area contributed by atoms with E-state index >= 15 is 0 Å². The molecule has 1 unspecified atom stereocenters. The molecular formula is C16H19N5O3S. The number of carbonyl (C=O) groups excluding carboxylic acids is 2. The highest BCUT2D eigenvalue weighted by molar-refractivity contribution is 7.17. The summed E-state index contributed by atoms with van der Waals surface area (Å²) < 4.78 is 5.41. The molecule has 25 heavy (non-hydrogen) atoms. The number of nitrogen functional groups attached to an aromatic ring is 1. The van der Waals surface area contributed by atoms with Gasteiger partial charge in [0, 0.05) is 26.6 Å². The van der Waals surface area contributed by atoms with E-state index in [2.05, 4.69) is 10.1 Å². The van der Waals surface area contributed by atoms with Crippen molar-refractivity contribution in [2.75, 3.05) is 25.9 Å². The summed E-state index contributed by atoms with van der Waals surface area (Å²) in [6.45, 7) is 3.02. The van der Waals surface area contributed by atoms with E-state index in [1.165, 1.54) is 11.3 Å². The molecule has 0 aromatic carbocycles. The van der Waals surface area contributed by atoms with Gasteiger partial charge in [0.25, 0.3) is 11.8 Å². The SMILES string of the molecule is Cc1nc(N)sc1C(=O)N1CCCC1c1noc2c1C(=O)N(C)CC2. The highest BCUT2D eigenvalue weighted by atomic mass is 32.1. The molecule has 0 radical (unpaired) electrons. The largest absolute Gasteiger partial charge is 0.375 e. The summed E-state index contributed by atoms with van der Waals surface area (Å²) >= 11 is 1.19. The molecule has 4 rings (SSSR count). The molecule has 0 bridgehead atoms. The number of thiazole rings is 1. The first-order valence-corrected chi connectivity index (χ1v) is 9.06. The third kappa shape index (κ3) is 2.50. The first-order chi connectivity index (χ1) is 12.0. The van der Waals surface area contributed by atoms with E-state index < -0.39 is 0 Å². The van der Waals surface area contributed by atoms with Crippen molar-refractivity contribution in [1.29, 1.82) is 0 Å². The molecule has 8 nitrogen and oxygen atoms in total. The molecule has 0 aliphatic carbocycles. The van der Waals surface area contributed by atoms with Crippen LogP contribution in [0, 0.1) is 6.92 Å². The van der Waals surface area contributed by atoms with Gasteiger partial charge in [-0.2, -0.15) is 0 Å². The number of nitrogens with zero attached hydrogens (tertiary/aromatic N) is 4. The van der Waals surface area contributed by atoms with Crippen LogP contribution in [0.3, 0.4) is 0 Å². The van der Waals surface area contributed by atoms with Gasteiger partial charge in [0.15, 0.2) is 10.9 Å². The zero-order valence-corrected chi connectivity index (χ0v) is 14.9. The van der Waals surface area contributed by atoms with Crippen LogP contribution in [-0.2, 0) is 6.42 Å². The molecule has 4 heterocycles. The summed E-state index contributed by atoms with van der Waals surface area (Å²) in [4.78, 5) is 33.7. The van der Waals surface area contributed by atoms with E-state index in [1.54, 1.807) is 23.8 Å². The average molecular weight is 361 g/mol. The fraction of sp³-hybridized carbons (Fsp3) is 0.500. The Bertz CT molecular complexity index is 858. The van der Waals surface area contributed by atoms with E-state index in [-0.39, 0.29) is 17.9 Å². The molecule has 0 saturated carbocycles. The number of rotatable bonds is 2. The number of likely N-dealkylation sites (tertiary alicyclic amines) is 1. The minimum absolute atomic E-state index is 0.0879. The van der Waals surface area contributed by atoms with Crippen LogP contribution in [-0.4, -0.2) is 51.9 Å². The number of amides is 2. The maximum absolute atomic E-state index is 13.0. The molecule has 1 saturated heterocycles. The summed E-state index contributed by atoms with van der Waals surface area (Å²) in [6.07, 6.45) is 2.26. The number of fused-ring (bicyclic) bond motifs is 1. The Hall–Kier alpha value is -2.42. The van der Waals surface area contributed by atoms with Crippen molar-refractivity contribution in [2.45, 2.75) is 32.2 Å². The molecule has 2 aromatic rings. The lowest BCUT2D eigenvalue weighted by Gasteiger charge is -2.26. The summed E-state index contributed by atoms with van der Waals surface area (Å²) in [5, 5.41) is 4.55. The van der Waals surface area contributed by atoms with E-state index in [0.29, 0.717) is 52.2 Å². The summed E-state index contributed by atoms with van der Waals surface area (Å²) in [5.74, 6) is 0.424. The van der Waals surface area contributed by atoms with E-state index in [4.69, 9.17) is 10.3 Å². The van der Waals surface area contributed by atoms with Gasteiger partial charge in [0.2, 0.25) is 0 Å². The van der Waals surface area contributed by atoms with Gasteiger partial charge in [0.1, 0.15) is 16.1 Å². The molecule has 0 spiro atoms. The summed E-state index contributed by atoms with van der Waals surface area (Å²) in [6, 6.07) is -0.252. The van der Waals surface area contributed by atoms with Gasteiger partial charge in [-0.3, -0.25) is 9.59 Å². The van der Waals surface area contributed by atoms with Crippen LogP contribution in [0.5, 0.6) is 0 Å². The molecule has 2 amide bonds. The minimum Gasteiger partial charge on any atom is -0.375 e. The van der Waals surface area contributed by atoms with Crippen LogP contribution in [0.1, 0.15) is 56.1 Å². The molecule has 9 heteroatoms. The first-order valence-electron chi connectivity index (χ1n) is 8.25. The lowest BCUT2D eigenvalue weighted by atomic mass is 10.00. The Balaban J connectivity index is 1.69. The fourth-order valence-electron chi connectivity index (χ4n) is 3.57. The second kappa shape index (κ2) is 5.83. The van der Waals surface area contributed by atoms with Gasteiger partial charge >= 0.3 is 0 Å². The van der Waals surface area contributed by atoms with Gasteiger partial charge in [0.05, 0.1) is 11.7 Å². The summed E-state index contributed by atoms with van der Waals surface area (Å²) in [7, 11) is 1.77. The van der Waals surface area contributed by atoms with Crippen molar-refractivity contribution in [3.8, 4) is 0 Å². The van der Waals surface area contributed by atoms with Crippen molar-refractivity contribution in [1.82, 2.24) is 19.9 Å². The second-order valence-electron chi connectivity index (χ2n) is 6.47. The molecular weight excluding hydrogens is 342 g/mol. The lowest BCUT2D eigenvalue weighted by molar-refractivity contribution is 0.0721. The van der Waals surface area contributed by atoms with Gasteiger partial charge in [-0.25, -0.2) is 4.98 Å². The maximum atomic E-state index is 13.0. The number of carbonyl (C=O) groups is 2. The topological polar surface area (TPSA) is 106 Å². The summed E-state index contributed by atoms with van der Waals surface area (Å²) in [5.41, 5.74) is 7.47. The van der Waals surface area contributed by atoms with E-state index in [0.717, 1.165) is 12.8 Å². The van der Waals surface area contributed by atoms with Crippen LogP contribution in [0.2, 0.25) is 0 Å². The number of aromatic nitrogens is 2. The van der Waals surface area contributed by atoms with Gasteiger partial charge < -0.3 is 20.1 Å². The molecule has 2 aromatic heterocycles. The fourth-order valence-corrected chi connectivity index (χ4v) is 4.36. The second-order valence-corrected chi connectivity index (χ2v) is 7.50. The first kappa shape index (κ1) is 16.1. The van der Waals surface area contributed by atoms with Crippen LogP contribution in [0.25, 0.3) is 0 Å². The normalized spacial score (nSPS) is 20.2. The maximum Gasteiger partial charge on any atom is 0.266 e. The third-order valence-electron chi connectivity index (χ3n) is 4.86. The average Bonchev–Trinajstić information content (AvgIpc) is 3.27. The zero-order valence-electron chi connectivity index (χ0n) is 14.1. The highest BCUT2D eigenvalue weighted by Crippen LogP contribution is 2.37. The highest BCUT2D eigenvalue weighted by Gasteiger charge is 2.39. The standard InChI is InChI=1S/C16H19N5O3S/c1-8-13(25-16(17)18-8)15(23)21-6-3-4-9(21)12-11-10(24-19-12)5-7-20(2)14(11)22/h9H,3-7H2,1-2H3,(H2,17,18). The molecule has 2 N–H and O–H groups in total. The Kier molecular flexibility index (Phi) is 3.75. The number of aryl methyl sites for hydroxylation is 1. The van der Waals surface area contributed by atoms with Crippen LogP contribution in [0.4, 0.5) is 5.13 Å². The van der Waals surface area contributed by atoms with Crippen LogP contribution in [0.15, 0.2) is 4.52 Å². The molecule has 1 atom stereocenters. The van der Waals surface area contributed by atoms with Crippen LogP contribution < -0.4 is 5.73 Å². The van der Waals surface area contributed by atoms with Gasteiger partial charge in [-0.15, -0.1) is 0 Å². The van der Waals surface area contributed by atoms with Crippen molar-refractivity contribution < 1.29 is 14.1 Å². The van der Waals surface area contributed by atoms with Crippen molar-refractivity contribution in [3.63, 3.8) is 0 Å². The third-order valence-corrected chi connectivity index (χ3v) is 5.84. The monoisotopic (exact) mass is 361 g/mol. The van der Waals surface area contributed by atoms with Crippen LogP contribution >= 0.6 is 11.3 Å². The molecule has 2 aliphatic heterocycles. The predicted octanol–water partition coefficient (Wildman–Crippen LogP) is 1.63.